The van der Waals surface area contributed by atoms with Crippen LogP contribution in [-0.2, 0) is 28.6 Å². The number of ether oxygens (including phenoxy) is 3. The van der Waals surface area contributed by atoms with Crippen LogP contribution in [-0.4, -0.2) is 37.2 Å². The largest absolute Gasteiger partial charge is 0.462 e. The fourth-order valence-electron chi connectivity index (χ4n) is 8.12. The molecule has 0 aliphatic rings. The first-order valence-electron chi connectivity index (χ1n) is 30.7. The maximum atomic E-state index is 12.9. The van der Waals surface area contributed by atoms with Crippen LogP contribution < -0.4 is 0 Å². The molecule has 6 heteroatoms. The summed E-state index contributed by atoms with van der Waals surface area (Å²) in [6, 6.07) is 0. The minimum absolute atomic E-state index is 0.102. The first kappa shape index (κ1) is 70.5. The van der Waals surface area contributed by atoms with Gasteiger partial charge in [0.15, 0.2) is 6.10 Å². The van der Waals surface area contributed by atoms with E-state index in [4.69, 9.17) is 14.2 Å². The first-order valence-corrected chi connectivity index (χ1v) is 30.7. The molecule has 0 aromatic heterocycles. The smallest absolute Gasteiger partial charge is 0.306 e. The Morgan fingerprint density at radius 3 is 0.827 bits per heavy atom. The predicted molar refractivity (Wildman–Crippen MR) is 325 cm³/mol. The van der Waals surface area contributed by atoms with E-state index in [1.165, 1.54) is 77.0 Å². The maximum absolute atomic E-state index is 12.9. The molecule has 0 amide bonds. The third kappa shape index (κ3) is 60.3. The van der Waals surface area contributed by atoms with Crippen LogP contribution in [0.2, 0.25) is 0 Å². The van der Waals surface area contributed by atoms with Crippen LogP contribution in [0.3, 0.4) is 0 Å². The molecule has 0 aliphatic carbocycles. The van der Waals surface area contributed by atoms with Crippen LogP contribution >= 0.6 is 0 Å². The highest BCUT2D eigenvalue weighted by atomic mass is 16.6. The third-order valence-corrected chi connectivity index (χ3v) is 12.7. The maximum Gasteiger partial charge on any atom is 0.306 e. The zero-order valence-corrected chi connectivity index (χ0v) is 48.5. The molecule has 1 unspecified atom stereocenters. The number of carbonyl (C=O) groups is 3. The quantitative estimate of drug-likeness (QED) is 0.0261. The number of hydrogen-bond acceptors (Lipinski definition) is 6. The summed E-state index contributed by atoms with van der Waals surface area (Å²) in [5.74, 6) is -0.959. The number of esters is 3. The van der Waals surface area contributed by atoms with E-state index < -0.39 is 6.10 Å². The van der Waals surface area contributed by atoms with E-state index in [1.807, 2.05) is 0 Å². The van der Waals surface area contributed by atoms with Gasteiger partial charge in [0.1, 0.15) is 13.2 Å². The summed E-state index contributed by atoms with van der Waals surface area (Å²) in [7, 11) is 0. The van der Waals surface area contributed by atoms with E-state index in [1.54, 1.807) is 0 Å². The van der Waals surface area contributed by atoms with Crippen LogP contribution in [0.1, 0.15) is 265 Å². The van der Waals surface area contributed by atoms with Crippen molar-refractivity contribution in [1.82, 2.24) is 0 Å². The number of carbonyl (C=O) groups excluding carboxylic acids is 3. The molecule has 0 bridgehead atoms. The molecule has 6 nitrogen and oxygen atoms in total. The van der Waals surface area contributed by atoms with Crippen LogP contribution in [0.15, 0.2) is 134 Å². The first-order chi connectivity index (χ1) is 37.0. The fourth-order valence-corrected chi connectivity index (χ4v) is 8.12. The highest BCUT2D eigenvalue weighted by molar-refractivity contribution is 5.71. The van der Waals surface area contributed by atoms with Gasteiger partial charge in [0.05, 0.1) is 0 Å². The Morgan fingerprint density at radius 2 is 0.520 bits per heavy atom. The Morgan fingerprint density at radius 1 is 0.280 bits per heavy atom. The Labute approximate surface area is 462 Å². The van der Waals surface area contributed by atoms with Crippen LogP contribution in [0.5, 0.6) is 0 Å². The zero-order chi connectivity index (χ0) is 54.3. The molecule has 0 aromatic rings. The van der Waals surface area contributed by atoms with Crippen molar-refractivity contribution in [3.63, 3.8) is 0 Å². The van der Waals surface area contributed by atoms with Crippen molar-refractivity contribution in [2.45, 2.75) is 271 Å². The Balaban J connectivity index is 4.50. The molecule has 424 valence electrons. The lowest BCUT2D eigenvalue weighted by molar-refractivity contribution is -0.167. The standard InChI is InChI=1S/C69H112O6/c1-4-7-10-13-16-19-22-25-28-30-32-33-34-35-37-38-41-44-47-50-53-56-59-62-68(71)74-65-66(64-73-67(70)61-58-55-52-49-46-43-40-27-24-21-18-15-12-9-6-3)75-69(72)63-60-57-54-51-48-45-42-39-36-31-29-26-23-20-17-14-11-8-5-2/h7-8,10-11,16-17,19-20,25-26,28-29,32-33,35-37,39,41,44-45,48,66H,4-6,9,12-15,18,21-24,27,30-31,34,38,40,42-43,46-47,49-65H2,1-3H3/b10-7-,11-8-,19-16-,20-17-,28-25-,29-26-,33-32-,37-35-,39-36-,44-41-,48-45-. The molecule has 0 aliphatic heterocycles. The Bertz CT molecular complexity index is 1620. The van der Waals surface area contributed by atoms with Crippen LogP contribution in [0.4, 0.5) is 0 Å². The predicted octanol–water partition coefficient (Wildman–Crippen LogP) is 21.0. The topological polar surface area (TPSA) is 78.9 Å². The van der Waals surface area contributed by atoms with Gasteiger partial charge in [-0.25, -0.2) is 0 Å². The number of allylic oxidation sites excluding steroid dienone is 22. The summed E-state index contributed by atoms with van der Waals surface area (Å²) >= 11 is 0. The molecule has 0 aromatic carbocycles. The fraction of sp³-hybridized carbons (Fsp3) is 0.638. The van der Waals surface area contributed by atoms with Crippen molar-refractivity contribution in [3.8, 4) is 0 Å². The lowest BCUT2D eigenvalue weighted by atomic mass is 10.0. The minimum atomic E-state index is -0.811. The molecule has 0 N–H and O–H groups in total. The number of unbranched alkanes of at least 4 members (excludes halogenated alkanes) is 21. The van der Waals surface area contributed by atoms with Gasteiger partial charge in [0, 0.05) is 19.3 Å². The molecule has 75 heavy (non-hydrogen) atoms. The van der Waals surface area contributed by atoms with Gasteiger partial charge in [-0.1, -0.05) is 264 Å². The van der Waals surface area contributed by atoms with Crippen molar-refractivity contribution in [3.05, 3.63) is 134 Å². The van der Waals surface area contributed by atoms with Crippen LogP contribution in [0, 0.1) is 0 Å². The summed E-state index contributed by atoms with van der Waals surface area (Å²) in [6.45, 7) is 6.37. The van der Waals surface area contributed by atoms with Gasteiger partial charge in [0.25, 0.3) is 0 Å². The highest BCUT2D eigenvalue weighted by Gasteiger charge is 2.19. The minimum Gasteiger partial charge on any atom is -0.462 e. The van der Waals surface area contributed by atoms with E-state index in [-0.39, 0.29) is 37.5 Å². The van der Waals surface area contributed by atoms with Gasteiger partial charge in [-0.3, -0.25) is 14.4 Å². The summed E-state index contributed by atoms with van der Waals surface area (Å²) in [5.41, 5.74) is 0. The normalized spacial score (nSPS) is 13.1. The lowest BCUT2D eigenvalue weighted by Gasteiger charge is -2.18. The second-order valence-electron chi connectivity index (χ2n) is 19.9. The zero-order valence-electron chi connectivity index (χ0n) is 48.5. The lowest BCUT2D eigenvalue weighted by Crippen LogP contribution is -2.30. The van der Waals surface area contributed by atoms with Gasteiger partial charge in [-0.15, -0.1) is 0 Å². The molecule has 0 rings (SSSR count). The summed E-state index contributed by atoms with van der Waals surface area (Å²) in [6.07, 6.45) is 87.3. The second-order valence-corrected chi connectivity index (χ2v) is 19.9. The van der Waals surface area contributed by atoms with Crippen molar-refractivity contribution in [1.29, 1.82) is 0 Å². The number of hydrogen-bond donors (Lipinski definition) is 0. The molecule has 0 saturated heterocycles. The highest BCUT2D eigenvalue weighted by Crippen LogP contribution is 2.15. The summed E-state index contributed by atoms with van der Waals surface area (Å²) in [4.78, 5) is 38.3. The van der Waals surface area contributed by atoms with Crippen molar-refractivity contribution >= 4 is 17.9 Å². The van der Waals surface area contributed by atoms with E-state index in [0.717, 1.165) is 148 Å². The third-order valence-electron chi connectivity index (χ3n) is 12.7. The molecule has 1 atom stereocenters. The van der Waals surface area contributed by atoms with Gasteiger partial charge in [-0.05, 0) is 116 Å². The summed E-state index contributed by atoms with van der Waals surface area (Å²) < 4.78 is 16.9. The molecule has 0 spiro atoms. The van der Waals surface area contributed by atoms with Gasteiger partial charge < -0.3 is 14.2 Å². The van der Waals surface area contributed by atoms with E-state index in [9.17, 15) is 14.4 Å². The van der Waals surface area contributed by atoms with Gasteiger partial charge in [-0.2, -0.15) is 0 Å². The van der Waals surface area contributed by atoms with Crippen molar-refractivity contribution in [2.75, 3.05) is 13.2 Å². The molecule has 0 radical (unpaired) electrons. The molecule has 0 heterocycles. The Hall–Kier alpha value is -4.45. The van der Waals surface area contributed by atoms with E-state index >= 15 is 0 Å². The van der Waals surface area contributed by atoms with Crippen molar-refractivity contribution < 1.29 is 28.6 Å². The molecule has 0 fully saturated rings. The number of rotatable bonds is 54. The average molecular weight is 1040 g/mol. The molecular weight excluding hydrogens is 925 g/mol. The molecule has 0 saturated carbocycles. The van der Waals surface area contributed by atoms with Gasteiger partial charge >= 0.3 is 17.9 Å². The second kappa shape index (κ2) is 62.1. The van der Waals surface area contributed by atoms with Crippen LogP contribution in [0.25, 0.3) is 0 Å². The molecular formula is C69H112O6. The monoisotopic (exact) mass is 1040 g/mol. The Kier molecular flexibility index (Phi) is 58.4. The SMILES string of the molecule is CC/C=C\C/C=C\C/C=C\C/C=C\C/C=C\C/C=C\CCCCCCC(=O)OCC(COC(=O)CCCCCCCCCCCCCCCCC)OC(=O)CCCCC/C=C\C/C=C\C/C=C\C/C=C\C/C=C\CC. The van der Waals surface area contributed by atoms with Crippen molar-refractivity contribution in [2.24, 2.45) is 0 Å². The van der Waals surface area contributed by atoms with E-state index in [2.05, 4.69) is 154 Å². The summed E-state index contributed by atoms with van der Waals surface area (Å²) in [5, 5.41) is 0. The average Bonchev–Trinajstić information content (AvgIpc) is 3.41. The van der Waals surface area contributed by atoms with Gasteiger partial charge in [0.2, 0.25) is 0 Å². The van der Waals surface area contributed by atoms with E-state index in [0.29, 0.717) is 12.8 Å².